The Morgan fingerprint density at radius 3 is 2.71 bits per heavy atom. The van der Waals surface area contributed by atoms with Gasteiger partial charge in [0.15, 0.2) is 0 Å². The summed E-state index contributed by atoms with van der Waals surface area (Å²) in [5.41, 5.74) is 1.09. The molecule has 0 bridgehead atoms. The van der Waals surface area contributed by atoms with Crippen molar-refractivity contribution in [2.24, 2.45) is 5.92 Å². The highest BCUT2D eigenvalue weighted by Crippen LogP contribution is 2.42. The van der Waals surface area contributed by atoms with Gasteiger partial charge in [0.05, 0.1) is 12.2 Å². The molecular formula is C14H19FO2. The van der Waals surface area contributed by atoms with Crippen molar-refractivity contribution in [2.75, 3.05) is 13.7 Å². The molecular weight excluding hydrogens is 219 g/mol. The van der Waals surface area contributed by atoms with E-state index in [4.69, 9.17) is 4.74 Å². The Kier molecular flexibility index (Phi) is 3.50. The van der Waals surface area contributed by atoms with Crippen molar-refractivity contribution in [3.05, 3.63) is 35.1 Å². The van der Waals surface area contributed by atoms with Crippen molar-refractivity contribution in [2.45, 2.75) is 31.8 Å². The number of rotatable bonds is 5. The first-order chi connectivity index (χ1) is 8.05. The summed E-state index contributed by atoms with van der Waals surface area (Å²) in [4.78, 5) is 0. The Hall–Kier alpha value is -0.930. The van der Waals surface area contributed by atoms with Crippen LogP contribution in [0.1, 0.15) is 24.0 Å². The molecule has 0 radical (unpaired) electrons. The minimum atomic E-state index is -0.794. The van der Waals surface area contributed by atoms with E-state index in [0.717, 1.165) is 24.0 Å². The lowest BCUT2D eigenvalue weighted by molar-refractivity contribution is -0.0475. The monoisotopic (exact) mass is 238 g/mol. The lowest BCUT2D eigenvalue weighted by Gasteiger charge is -2.28. The molecule has 0 saturated heterocycles. The topological polar surface area (TPSA) is 29.5 Å². The SMILES string of the molecule is COCC(O)(Cc1ccc(F)cc1C)C1CC1. The molecule has 0 amide bonds. The molecule has 17 heavy (non-hydrogen) atoms. The lowest BCUT2D eigenvalue weighted by Crippen LogP contribution is -2.39. The number of hydrogen-bond donors (Lipinski definition) is 1. The van der Waals surface area contributed by atoms with Crippen LogP contribution >= 0.6 is 0 Å². The van der Waals surface area contributed by atoms with Crippen LogP contribution in [0.25, 0.3) is 0 Å². The van der Waals surface area contributed by atoms with Gasteiger partial charge < -0.3 is 9.84 Å². The van der Waals surface area contributed by atoms with E-state index < -0.39 is 5.60 Å². The molecule has 1 aliphatic rings. The fourth-order valence-electron chi connectivity index (χ4n) is 2.37. The third-order valence-corrected chi connectivity index (χ3v) is 3.53. The van der Waals surface area contributed by atoms with E-state index in [1.165, 1.54) is 12.1 Å². The fourth-order valence-corrected chi connectivity index (χ4v) is 2.37. The Labute approximate surface area is 101 Å². The summed E-state index contributed by atoms with van der Waals surface area (Å²) in [6.45, 7) is 2.22. The van der Waals surface area contributed by atoms with Crippen LogP contribution in [0, 0.1) is 18.7 Å². The second-order valence-electron chi connectivity index (χ2n) is 5.06. The highest BCUT2D eigenvalue weighted by atomic mass is 19.1. The summed E-state index contributed by atoms with van der Waals surface area (Å²) in [5.74, 6) is 0.0971. The third-order valence-electron chi connectivity index (χ3n) is 3.53. The summed E-state index contributed by atoms with van der Waals surface area (Å²) < 4.78 is 18.1. The first-order valence-corrected chi connectivity index (χ1v) is 6.01. The van der Waals surface area contributed by atoms with E-state index in [1.54, 1.807) is 13.2 Å². The van der Waals surface area contributed by atoms with E-state index in [0.29, 0.717) is 18.9 Å². The number of hydrogen-bond acceptors (Lipinski definition) is 2. The summed E-state index contributed by atoms with van der Waals surface area (Å²) in [6, 6.07) is 4.71. The van der Waals surface area contributed by atoms with Crippen molar-refractivity contribution in [1.82, 2.24) is 0 Å². The third kappa shape index (κ3) is 2.85. The van der Waals surface area contributed by atoms with Gasteiger partial charge in [0.2, 0.25) is 0 Å². The van der Waals surface area contributed by atoms with E-state index in [2.05, 4.69) is 0 Å². The van der Waals surface area contributed by atoms with Crippen LogP contribution < -0.4 is 0 Å². The number of halogens is 1. The van der Waals surface area contributed by atoms with E-state index in [9.17, 15) is 9.50 Å². The van der Waals surface area contributed by atoms with Gasteiger partial charge in [0.1, 0.15) is 5.82 Å². The number of aliphatic hydroxyl groups is 1. The summed E-state index contributed by atoms with van der Waals surface area (Å²) in [7, 11) is 1.60. The van der Waals surface area contributed by atoms with Crippen molar-refractivity contribution in [3.8, 4) is 0 Å². The normalized spacial score (nSPS) is 19.1. The van der Waals surface area contributed by atoms with Gasteiger partial charge in [-0.1, -0.05) is 6.07 Å². The van der Waals surface area contributed by atoms with Crippen molar-refractivity contribution < 1.29 is 14.2 Å². The average molecular weight is 238 g/mol. The molecule has 1 fully saturated rings. The fraction of sp³-hybridized carbons (Fsp3) is 0.571. The van der Waals surface area contributed by atoms with Crippen LogP contribution in [0.5, 0.6) is 0 Å². The van der Waals surface area contributed by atoms with Gasteiger partial charge in [-0.25, -0.2) is 4.39 Å². The summed E-state index contributed by atoms with van der Waals surface area (Å²) in [5, 5.41) is 10.6. The highest BCUT2D eigenvalue weighted by Gasteiger charge is 2.43. The first-order valence-electron chi connectivity index (χ1n) is 6.01. The molecule has 1 aromatic carbocycles. The molecule has 0 spiro atoms. The zero-order chi connectivity index (χ0) is 12.5. The predicted octanol–water partition coefficient (Wildman–Crippen LogP) is 2.46. The van der Waals surface area contributed by atoms with Gasteiger partial charge in [-0.3, -0.25) is 0 Å². The Balaban J connectivity index is 2.17. The van der Waals surface area contributed by atoms with Gasteiger partial charge in [-0.15, -0.1) is 0 Å². The van der Waals surface area contributed by atoms with Crippen molar-refractivity contribution >= 4 is 0 Å². The summed E-state index contributed by atoms with van der Waals surface area (Å²) in [6.07, 6.45) is 2.65. The second kappa shape index (κ2) is 4.75. The first kappa shape index (κ1) is 12.5. The second-order valence-corrected chi connectivity index (χ2v) is 5.06. The van der Waals surface area contributed by atoms with E-state index in [1.807, 2.05) is 6.92 Å². The maximum Gasteiger partial charge on any atom is 0.123 e. The molecule has 1 aliphatic carbocycles. The molecule has 3 heteroatoms. The van der Waals surface area contributed by atoms with Crippen LogP contribution in [0.4, 0.5) is 4.39 Å². The lowest BCUT2D eigenvalue weighted by atomic mass is 9.88. The maximum atomic E-state index is 13.0. The smallest absolute Gasteiger partial charge is 0.123 e. The van der Waals surface area contributed by atoms with Gasteiger partial charge in [-0.05, 0) is 48.9 Å². The molecule has 1 N–H and O–H groups in total. The molecule has 2 nitrogen and oxygen atoms in total. The average Bonchev–Trinajstić information content (AvgIpc) is 3.06. The highest BCUT2D eigenvalue weighted by molar-refractivity contribution is 5.28. The van der Waals surface area contributed by atoms with E-state index in [-0.39, 0.29) is 5.82 Å². The molecule has 1 saturated carbocycles. The van der Waals surface area contributed by atoms with Gasteiger partial charge in [0, 0.05) is 13.5 Å². The van der Waals surface area contributed by atoms with Gasteiger partial charge >= 0.3 is 0 Å². The van der Waals surface area contributed by atoms with Crippen molar-refractivity contribution in [1.29, 1.82) is 0 Å². The Morgan fingerprint density at radius 1 is 1.47 bits per heavy atom. The van der Waals surface area contributed by atoms with E-state index >= 15 is 0 Å². The molecule has 0 aliphatic heterocycles. The van der Waals surface area contributed by atoms with Crippen LogP contribution in [0.15, 0.2) is 18.2 Å². The van der Waals surface area contributed by atoms with Crippen LogP contribution in [0.3, 0.4) is 0 Å². The summed E-state index contributed by atoms with van der Waals surface area (Å²) >= 11 is 0. The van der Waals surface area contributed by atoms with Crippen LogP contribution in [-0.2, 0) is 11.2 Å². The minimum absolute atomic E-state index is 0.229. The largest absolute Gasteiger partial charge is 0.387 e. The van der Waals surface area contributed by atoms with Crippen LogP contribution in [0.2, 0.25) is 0 Å². The molecule has 94 valence electrons. The molecule has 0 aromatic heterocycles. The molecule has 1 aromatic rings. The minimum Gasteiger partial charge on any atom is -0.387 e. The molecule has 1 atom stereocenters. The quantitative estimate of drug-likeness (QED) is 0.854. The van der Waals surface area contributed by atoms with Crippen LogP contribution in [-0.4, -0.2) is 24.4 Å². The Morgan fingerprint density at radius 2 is 2.18 bits per heavy atom. The number of aryl methyl sites for hydroxylation is 1. The zero-order valence-corrected chi connectivity index (χ0v) is 10.4. The maximum absolute atomic E-state index is 13.0. The number of methoxy groups -OCH3 is 1. The number of benzene rings is 1. The molecule has 1 unspecified atom stereocenters. The zero-order valence-electron chi connectivity index (χ0n) is 10.4. The van der Waals surface area contributed by atoms with Crippen molar-refractivity contribution in [3.63, 3.8) is 0 Å². The molecule has 0 heterocycles. The Bertz CT molecular complexity index is 401. The van der Waals surface area contributed by atoms with Gasteiger partial charge in [0.25, 0.3) is 0 Å². The predicted molar refractivity (Wildman–Crippen MR) is 64.4 cm³/mol. The molecule has 2 rings (SSSR count). The van der Waals surface area contributed by atoms with Gasteiger partial charge in [-0.2, -0.15) is 0 Å². The standard InChI is InChI=1S/C14H19FO2/c1-10-7-13(15)6-3-11(10)8-14(16,9-17-2)12-4-5-12/h3,6-7,12,16H,4-5,8-9H2,1-2H3. The number of ether oxygens (including phenoxy) is 1.